The maximum Gasteiger partial charge on any atom is 0.219 e. The van der Waals surface area contributed by atoms with Crippen molar-refractivity contribution in [2.24, 2.45) is 0 Å². The molecule has 0 bridgehead atoms. The SMILES string of the molecule is CNC(=O)CCCOc1ccc(Br)cc1CNC(C)C. The highest BCUT2D eigenvalue weighted by Gasteiger charge is 2.06. The number of hydrogen-bond acceptors (Lipinski definition) is 3. The number of amides is 1. The first-order valence-electron chi connectivity index (χ1n) is 6.88. The van der Waals surface area contributed by atoms with E-state index in [1.54, 1.807) is 7.05 Å². The Hall–Kier alpha value is -1.07. The van der Waals surface area contributed by atoms with E-state index in [0.717, 1.165) is 22.3 Å². The summed E-state index contributed by atoms with van der Waals surface area (Å²) in [5, 5.41) is 5.99. The van der Waals surface area contributed by atoms with Gasteiger partial charge in [-0.05, 0) is 24.6 Å². The van der Waals surface area contributed by atoms with E-state index in [1.165, 1.54) is 0 Å². The summed E-state index contributed by atoms with van der Waals surface area (Å²) in [6.45, 7) is 5.54. The smallest absolute Gasteiger partial charge is 0.219 e. The van der Waals surface area contributed by atoms with Crippen LogP contribution in [0.1, 0.15) is 32.3 Å². The van der Waals surface area contributed by atoms with Crippen molar-refractivity contribution in [1.29, 1.82) is 0 Å². The Labute approximate surface area is 129 Å². The third-order valence-electron chi connectivity index (χ3n) is 2.81. The first-order chi connectivity index (χ1) is 9.52. The first-order valence-corrected chi connectivity index (χ1v) is 7.67. The number of benzene rings is 1. The molecule has 0 atom stereocenters. The molecule has 2 N–H and O–H groups in total. The average molecular weight is 343 g/mol. The maximum atomic E-state index is 11.1. The van der Waals surface area contributed by atoms with Crippen LogP contribution in [0.4, 0.5) is 0 Å². The van der Waals surface area contributed by atoms with Crippen LogP contribution in [-0.4, -0.2) is 25.6 Å². The van der Waals surface area contributed by atoms with Crippen LogP contribution in [0.2, 0.25) is 0 Å². The Morgan fingerprint density at radius 1 is 1.40 bits per heavy atom. The third kappa shape index (κ3) is 6.39. The van der Waals surface area contributed by atoms with E-state index in [9.17, 15) is 4.79 Å². The van der Waals surface area contributed by atoms with Crippen LogP contribution in [0, 0.1) is 0 Å². The summed E-state index contributed by atoms with van der Waals surface area (Å²) >= 11 is 3.48. The van der Waals surface area contributed by atoms with Gasteiger partial charge in [0.1, 0.15) is 5.75 Å². The zero-order valence-electron chi connectivity index (χ0n) is 12.3. The van der Waals surface area contributed by atoms with Crippen LogP contribution in [0.25, 0.3) is 0 Å². The molecular formula is C15H23BrN2O2. The summed E-state index contributed by atoms with van der Waals surface area (Å²) in [4.78, 5) is 11.1. The monoisotopic (exact) mass is 342 g/mol. The number of nitrogens with one attached hydrogen (secondary N) is 2. The molecule has 0 saturated heterocycles. The molecule has 20 heavy (non-hydrogen) atoms. The fourth-order valence-electron chi connectivity index (χ4n) is 1.68. The molecular weight excluding hydrogens is 320 g/mol. The van der Waals surface area contributed by atoms with Crippen LogP contribution in [0.5, 0.6) is 5.75 Å². The summed E-state index contributed by atoms with van der Waals surface area (Å²) in [6, 6.07) is 6.41. The second kappa shape index (κ2) is 8.97. The average Bonchev–Trinajstić information content (AvgIpc) is 2.42. The van der Waals surface area contributed by atoms with Gasteiger partial charge in [0.05, 0.1) is 6.61 Å². The van der Waals surface area contributed by atoms with Gasteiger partial charge in [0, 0.05) is 36.1 Å². The zero-order valence-corrected chi connectivity index (χ0v) is 13.9. The Kier molecular flexibility index (Phi) is 7.62. The Morgan fingerprint density at radius 2 is 2.15 bits per heavy atom. The van der Waals surface area contributed by atoms with E-state index in [-0.39, 0.29) is 5.91 Å². The van der Waals surface area contributed by atoms with Crippen LogP contribution >= 0.6 is 15.9 Å². The van der Waals surface area contributed by atoms with E-state index >= 15 is 0 Å². The van der Waals surface area contributed by atoms with Gasteiger partial charge in [-0.1, -0.05) is 29.8 Å². The molecule has 1 aromatic carbocycles. The minimum Gasteiger partial charge on any atom is -0.493 e. The van der Waals surface area contributed by atoms with Crippen molar-refractivity contribution >= 4 is 21.8 Å². The number of carbonyl (C=O) groups is 1. The Morgan fingerprint density at radius 3 is 2.80 bits per heavy atom. The van der Waals surface area contributed by atoms with Gasteiger partial charge in [-0.2, -0.15) is 0 Å². The van der Waals surface area contributed by atoms with Crippen molar-refractivity contribution in [2.75, 3.05) is 13.7 Å². The fourth-order valence-corrected chi connectivity index (χ4v) is 2.09. The molecule has 0 heterocycles. The Balaban J connectivity index is 2.53. The van der Waals surface area contributed by atoms with E-state index in [0.29, 0.717) is 25.5 Å². The quantitative estimate of drug-likeness (QED) is 0.714. The molecule has 1 amide bonds. The number of carbonyl (C=O) groups excluding carboxylic acids is 1. The molecule has 112 valence electrons. The van der Waals surface area contributed by atoms with Crippen molar-refractivity contribution in [1.82, 2.24) is 10.6 Å². The third-order valence-corrected chi connectivity index (χ3v) is 3.30. The molecule has 0 unspecified atom stereocenters. The lowest BCUT2D eigenvalue weighted by molar-refractivity contribution is -0.120. The van der Waals surface area contributed by atoms with Crippen LogP contribution in [0.3, 0.4) is 0 Å². The zero-order chi connectivity index (χ0) is 15.0. The number of halogens is 1. The molecule has 0 fully saturated rings. The van der Waals surface area contributed by atoms with Crippen molar-refractivity contribution in [3.05, 3.63) is 28.2 Å². The molecule has 0 aromatic heterocycles. The van der Waals surface area contributed by atoms with E-state index in [2.05, 4.69) is 46.5 Å². The number of rotatable bonds is 8. The molecule has 1 aromatic rings. The van der Waals surface area contributed by atoms with Gasteiger partial charge in [0.25, 0.3) is 0 Å². The molecule has 1 rings (SSSR count). The molecule has 0 saturated carbocycles. The van der Waals surface area contributed by atoms with Gasteiger partial charge in [0.15, 0.2) is 0 Å². The molecule has 0 aliphatic carbocycles. The summed E-state index contributed by atoms with van der Waals surface area (Å²) in [7, 11) is 1.65. The second-order valence-corrected chi connectivity index (χ2v) is 5.83. The van der Waals surface area contributed by atoms with E-state index < -0.39 is 0 Å². The molecule has 0 spiro atoms. The van der Waals surface area contributed by atoms with Gasteiger partial charge >= 0.3 is 0 Å². The molecule has 4 nitrogen and oxygen atoms in total. The molecule has 5 heteroatoms. The summed E-state index contributed by atoms with van der Waals surface area (Å²) in [5.74, 6) is 0.921. The predicted molar refractivity (Wildman–Crippen MR) is 84.9 cm³/mol. The summed E-state index contributed by atoms with van der Waals surface area (Å²) in [5.41, 5.74) is 1.12. The highest BCUT2D eigenvalue weighted by Crippen LogP contribution is 2.23. The highest BCUT2D eigenvalue weighted by atomic mass is 79.9. The van der Waals surface area contributed by atoms with Gasteiger partial charge in [-0.25, -0.2) is 0 Å². The lowest BCUT2D eigenvalue weighted by Crippen LogP contribution is -2.22. The van der Waals surface area contributed by atoms with Crippen molar-refractivity contribution in [3.8, 4) is 5.75 Å². The molecule has 0 aliphatic heterocycles. The normalized spacial score (nSPS) is 10.7. The van der Waals surface area contributed by atoms with Gasteiger partial charge in [0.2, 0.25) is 5.91 Å². The summed E-state index contributed by atoms with van der Waals surface area (Å²) < 4.78 is 6.82. The maximum absolute atomic E-state index is 11.1. The molecule has 0 aliphatic rings. The standard InChI is InChI=1S/C15H23BrN2O2/c1-11(2)18-10-12-9-13(16)6-7-14(12)20-8-4-5-15(19)17-3/h6-7,9,11,18H,4-5,8,10H2,1-3H3,(H,17,19). The highest BCUT2D eigenvalue weighted by molar-refractivity contribution is 9.10. The summed E-state index contributed by atoms with van der Waals surface area (Å²) in [6.07, 6.45) is 1.21. The van der Waals surface area contributed by atoms with Crippen molar-refractivity contribution in [2.45, 2.75) is 39.3 Å². The van der Waals surface area contributed by atoms with Gasteiger partial charge in [-0.3, -0.25) is 4.79 Å². The topological polar surface area (TPSA) is 50.4 Å². The van der Waals surface area contributed by atoms with E-state index in [1.807, 2.05) is 12.1 Å². The predicted octanol–water partition coefficient (Wildman–Crippen LogP) is 2.85. The Bertz CT molecular complexity index is 436. The van der Waals surface area contributed by atoms with Crippen LogP contribution < -0.4 is 15.4 Å². The second-order valence-electron chi connectivity index (χ2n) is 4.91. The van der Waals surface area contributed by atoms with Crippen molar-refractivity contribution < 1.29 is 9.53 Å². The minimum absolute atomic E-state index is 0.0473. The fraction of sp³-hybridized carbons (Fsp3) is 0.533. The molecule has 0 radical (unpaired) electrons. The van der Waals surface area contributed by atoms with Gasteiger partial charge < -0.3 is 15.4 Å². The van der Waals surface area contributed by atoms with Crippen LogP contribution in [0.15, 0.2) is 22.7 Å². The number of hydrogen-bond donors (Lipinski definition) is 2. The first kappa shape index (κ1) is 17.0. The largest absolute Gasteiger partial charge is 0.493 e. The van der Waals surface area contributed by atoms with E-state index in [4.69, 9.17) is 4.74 Å². The van der Waals surface area contributed by atoms with Crippen LogP contribution in [-0.2, 0) is 11.3 Å². The van der Waals surface area contributed by atoms with Crippen molar-refractivity contribution in [3.63, 3.8) is 0 Å². The number of ether oxygens (including phenoxy) is 1. The van der Waals surface area contributed by atoms with Gasteiger partial charge in [-0.15, -0.1) is 0 Å². The lowest BCUT2D eigenvalue weighted by atomic mass is 10.2. The lowest BCUT2D eigenvalue weighted by Gasteiger charge is -2.14. The minimum atomic E-state index is 0.0473.